The zero-order valence-corrected chi connectivity index (χ0v) is 14.5. The van der Waals surface area contributed by atoms with Gasteiger partial charge in [-0.1, -0.05) is 39.1 Å². The number of hydrogen-bond donors (Lipinski definition) is 1. The van der Waals surface area contributed by atoms with Gasteiger partial charge in [-0.3, -0.25) is 4.79 Å². The van der Waals surface area contributed by atoms with Gasteiger partial charge in [-0.05, 0) is 36.4 Å². The highest BCUT2D eigenvalue weighted by Crippen LogP contribution is 2.31. The number of hydrogen-bond acceptors (Lipinski definition) is 3. The van der Waals surface area contributed by atoms with Crippen molar-refractivity contribution < 1.29 is 9.53 Å². The first-order chi connectivity index (χ1) is 10.5. The highest BCUT2D eigenvalue weighted by molar-refractivity contribution is 9.10. The second-order valence-corrected chi connectivity index (χ2v) is 5.98. The second-order valence-electron chi connectivity index (χ2n) is 4.22. The second kappa shape index (κ2) is 7.63. The molecular formula is C15H11BrCl2N2O2. The Bertz CT molecular complexity index is 718. The fourth-order valence-corrected chi connectivity index (χ4v) is 2.57. The van der Waals surface area contributed by atoms with E-state index in [1.807, 2.05) is 0 Å². The molecule has 0 spiro atoms. The molecule has 0 aliphatic rings. The lowest BCUT2D eigenvalue weighted by atomic mass is 10.2. The summed E-state index contributed by atoms with van der Waals surface area (Å²) in [6.45, 7) is 0. The van der Waals surface area contributed by atoms with Crippen LogP contribution in [-0.4, -0.2) is 19.2 Å². The molecule has 0 atom stereocenters. The van der Waals surface area contributed by atoms with E-state index in [0.29, 0.717) is 26.9 Å². The summed E-state index contributed by atoms with van der Waals surface area (Å²) in [5.41, 5.74) is 3.49. The molecular weight excluding hydrogens is 391 g/mol. The predicted molar refractivity (Wildman–Crippen MR) is 92.2 cm³/mol. The number of carbonyl (C=O) groups excluding carboxylic acids is 1. The van der Waals surface area contributed by atoms with Gasteiger partial charge >= 0.3 is 0 Å². The van der Waals surface area contributed by atoms with E-state index >= 15 is 0 Å². The minimum Gasteiger partial charge on any atom is -0.495 e. The standard InChI is InChI=1S/C15H11BrCl2N2O2/c1-22-14-10(6-12(17)7-13(14)18)8-19-20-15(21)9-2-4-11(16)5-3-9/h2-8H,1H3,(H,20,21). The number of nitrogens with zero attached hydrogens (tertiary/aromatic N) is 1. The van der Waals surface area contributed by atoms with Crippen LogP contribution in [0.5, 0.6) is 5.75 Å². The molecule has 114 valence electrons. The predicted octanol–water partition coefficient (Wildman–Crippen LogP) is 4.53. The van der Waals surface area contributed by atoms with Crippen LogP contribution in [0.15, 0.2) is 46.0 Å². The SMILES string of the molecule is COc1c(Cl)cc(Cl)cc1C=NNC(=O)c1ccc(Br)cc1. The number of nitrogens with one attached hydrogen (secondary N) is 1. The molecule has 2 rings (SSSR count). The Labute approximate surface area is 146 Å². The minimum atomic E-state index is -0.323. The first kappa shape index (κ1) is 16.8. The van der Waals surface area contributed by atoms with E-state index in [1.54, 1.807) is 36.4 Å². The van der Waals surface area contributed by atoms with Crippen LogP contribution in [0, 0.1) is 0 Å². The summed E-state index contributed by atoms with van der Waals surface area (Å²) in [5, 5.41) is 4.72. The van der Waals surface area contributed by atoms with Crippen molar-refractivity contribution >= 4 is 51.3 Å². The Kier molecular flexibility index (Phi) is 5.83. The molecule has 2 aromatic rings. The number of hydrazone groups is 1. The van der Waals surface area contributed by atoms with E-state index in [2.05, 4.69) is 26.5 Å². The van der Waals surface area contributed by atoms with E-state index in [9.17, 15) is 4.79 Å². The molecule has 2 aromatic carbocycles. The summed E-state index contributed by atoms with van der Waals surface area (Å²) in [7, 11) is 1.49. The van der Waals surface area contributed by atoms with Gasteiger partial charge < -0.3 is 4.74 Å². The van der Waals surface area contributed by atoms with E-state index < -0.39 is 0 Å². The van der Waals surface area contributed by atoms with Crippen molar-refractivity contribution in [3.8, 4) is 5.75 Å². The quantitative estimate of drug-likeness (QED) is 0.604. The number of methoxy groups -OCH3 is 1. The summed E-state index contributed by atoms with van der Waals surface area (Å²) in [6, 6.07) is 10.1. The van der Waals surface area contributed by atoms with Crippen LogP contribution in [0.1, 0.15) is 15.9 Å². The van der Waals surface area contributed by atoms with Crippen LogP contribution in [0.2, 0.25) is 10.0 Å². The van der Waals surface area contributed by atoms with Crippen LogP contribution in [-0.2, 0) is 0 Å². The van der Waals surface area contributed by atoms with Crippen LogP contribution >= 0.6 is 39.1 Å². The van der Waals surface area contributed by atoms with Crippen molar-refractivity contribution in [1.29, 1.82) is 0 Å². The number of benzene rings is 2. The van der Waals surface area contributed by atoms with Gasteiger partial charge in [0.25, 0.3) is 5.91 Å². The van der Waals surface area contributed by atoms with Gasteiger partial charge in [0.1, 0.15) is 5.75 Å². The van der Waals surface area contributed by atoms with Crippen LogP contribution < -0.4 is 10.2 Å². The third-order valence-electron chi connectivity index (χ3n) is 2.72. The van der Waals surface area contributed by atoms with Crippen LogP contribution in [0.3, 0.4) is 0 Å². The molecule has 22 heavy (non-hydrogen) atoms. The van der Waals surface area contributed by atoms with Crippen molar-refractivity contribution in [2.75, 3.05) is 7.11 Å². The average Bonchev–Trinajstić information content (AvgIpc) is 2.47. The molecule has 0 aliphatic carbocycles. The lowest BCUT2D eigenvalue weighted by Gasteiger charge is -2.07. The van der Waals surface area contributed by atoms with E-state index in [0.717, 1.165) is 4.47 Å². The van der Waals surface area contributed by atoms with Crippen molar-refractivity contribution in [1.82, 2.24) is 5.43 Å². The maximum absolute atomic E-state index is 11.9. The smallest absolute Gasteiger partial charge is 0.271 e. The van der Waals surface area contributed by atoms with E-state index in [-0.39, 0.29) is 5.91 Å². The molecule has 0 fully saturated rings. The monoisotopic (exact) mass is 400 g/mol. The molecule has 0 unspecified atom stereocenters. The summed E-state index contributed by atoms with van der Waals surface area (Å²) >= 11 is 15.3. The Hall–Kier alpha value is -1.56. The van der Waals surface area contributed by atoms with Gasteiger partial charge in [0.2, 0.25) is 0 Å². The number of ether oxygens (including phenoxy) is 1. The van der Waals surface area contributed by atoms with E-state index in [4.69, 9.17) is 27.9 Å². The number of carbonyl (C=O) groups is 1. The summed E-state index contributed by atoms with van der Waals surface area (Å²) in [4.78, 5) is 11.9. The summed E-state index contributed by atoms with van der Waals surface area (Å²) in [5.74, 6) is 0.114. The lowest BCUT2D eigenvalue weighted by Crippen LogP contribution is -2.17. The molecule has 4 nitrogen and oxygen atoms in total. The van der Waals surface area contributed by atoms with Gasteiger partial charge in [0.05, 0.1) is 18.3 Å². The van der Waals surface area contributed by atoms with Crippen LogP contribution in [0.4, 0.5) is 0 Å². The van der Waals surface area contributed by atoms with Gasteiger partial charge in [-0.15, -0.1) is 0 Å². The molecule has 0 aliphatic heterocycles. The molecule has 0 saturated heterocycles. The third-order valence-corrected chi connectivity index (χ3v) is 3.75. The van der Waals surface area contributed by atoms with E-state index in [1.165, 1.54) is 13.3 Å². The van der Waals surface area contributed by atoms with Crippen LogP contribution in [0.25, 0.3) is 0 Å². The van der Waals surface area contributed by atoms with Gasteiger partial charge in [-0.2, -0.15) is 5.10 Å². The van der Waals surface area contributed by atoms with Gasteiger partial charge in [-0.25, -0.2) is 5.43 Å². The molecule has 7 heteroatoms. The third kappa shape index (κ3) is 4.22. The zero-order valence-electron chi connectivity index (χ0n) is 11.4. The molecule has 1 N–H and O–H groups in total. The molecule has 1 amide bonds. The molecule has 0 radical (unpaired) electrons. The van der Waals surface area contributed by atoms with Crippen molar-refractivity contribution in [2.24, 2.45) is 5.10 Å². The van der Waals surface area contributed by atoms with Gasteiger partial charge in [0.15, 0.2) is 0 Å². The Morgan fingerprint density at radius 1 is 1.27 bits per heavy atom. The van der Waals surface area contributed by atoms with Crippen molar-refractivity contribution in [3.63, 3.8) is 0 Å². The Morgan fingerprint density at radius 2 is 1.95 bits per heavy atom. The highest BCUT2D eigenvalue weighted by atomic mass is 79.9. The zero-order chi connectivity index (χ0) is 16.1. The maximum Gasteiger partial charge on any atom is 0.271 e. The lowest BCUT2D eigenvalue weighted by molar-refractivity contribution is 0.0955. The Morgan fingerprint density at radius 3 is 2.59 bits per heavy atom. The molecule has 0 bridgehead atoms. The van der Waals surface area contributed by atoms with Crippen molar-refractivity contribution in [3.05, 3.63) is 62.0 Å². The maximum atomic E-state index is 11.9. The first-order valence-electron chi connectivity index (χ1n) is 6.13. The minimum absolute atomic E-state index is 0.323. The Balaban J connectivity index is 2.12. The largest absolute Gasteiger partial charge is 0.495 e. The fourth-order valence-electron chi connectivity index (χ4n) is 1.72. The molecule has 0 saturated carbocycles. The number of rotatable bonds is 4. The topological polar surface area (TPSA) is 50.7 Å². The molecule has 0 heterocycles. The first-order valence-corrected chi connectivity index (χ1v) is 7.68. The normalized spacial score (nSPS) is 10.7. The number of halogens is 3. The number of amides is 1. The molecule has 0 aromatic heterocycles. The summed E-state index contributed by atoms with van der Waals surface area (Å²) in [6.07, 6.45) is 1.42. The average molecular weight is 402 g/mol. The highest BCUT2D eigenvalue weighted by Gasteiger charge is 2.08. The fraction of sp³-hybridized carbons (Fsp3) is 0.0667. The van der Waals surface area contributed by atoms with Gasteiger partial charge in [0, 0.05) is 20.6 Å². The van der Waals surface area contributed by atoms with Crippen molar-refractivity contribution in [2.45, 2.75) is 0 Å². The summed E-state index contributed by atoms with van der Waals surface area (Å²) < 4.78 is 6.08.